The molecule has 128 valence electrons. The van der Waals surface area contributed by atoms with Crippen LogP contribution in [0.4, 0.5) is 0 Å². The summed E-state index contributed by atoms with van der Waals surface area (Å²) >= 11 is 1.54. The van der Waals surface area contributed by atoms with Crippen molar-refractivity contribution >= 4 is 29.5 Å². The maximum absolute atomic E-state index is 12.6. The van der Waals surface area contributed by atoms with Gasteiger partial charge in [0.25, 0.3) is 0 Å². The lowest BCUT2D eigenvalue weighted by atomic mass is 10.1. The monoisotopic (exact) mass is 340 g/mol. The molecule has 2 rings (SSSR count). The molecule has 6 nitrogen and oxygen atoms in total. The van der Waals surface area contributed by atoms with Crippen molar-refractivity contribution in [3.8, 4) is 0 Å². The standard InChI is InChI=1S/C16H24N2O4S/c1-2-3-8-12(16(21)22)17-14(19)13-9-23-10-18(13)15(20)11-6-4-5-7-11/h2,11-13H,1,3-10H2,(H,17,19)(H,21,22). The van der Waals surface area contributed by atoms with Crippen LogP contribution in [0.5, 0.6) is 0 Å². The second-order valence-corrected chi connectivity index (χ2v) is 7.07. The summed E-state index contributed by atoms with van der Waals surface area (Å²) in [6, 6.07) is -1.49. The molecule has 2 atom stereocenters. The molecule has 0 bridgehead atoms. The van der Waals surface area contributed by atoms with Crippen molar-refractivity contribution in [1.82, 2.24) is 10.2 Å². The molecule has 0 aromatic carbocycles. The Hall–Kier alpha value is -1.50. The van der Waals surface area contributed by atoms with Crippen LogP contribution in [-0.2, 0) is 14.4 Å². The van der Waals surface area contributed by atoms with E-state index < -0.39 is 18.1 Å². The number of carbonyl (C=O) groups excluding carboxylic acids is 2. The fraction of sp³-hybridized carbons (Fsp3) is 0.688. The van der Waals surface area contributed by atoms with Gasteiger partial charge in [-0.3, -0.25) is 9.59 Å². The van der Waals surface area contributed by atoms with Gasteiger partial charge in [0.2, 0.25) is 11.8 Å². The van der Waals surface area contributed by atoms with Gasteiger partial charge < -0.3 is 15.3 Å². The lowest BCUT2D eigenvalue weighted by Crippen LogP contribution is -2.52. The Kier molecular flexibility index (Phi) is 6.50. The molecular formula is C16H24N2O4S. The van der Waals surface area contributed by atoms with E-state index in [1.165, 1.54) is 11.8 Å². The maximum Gasteiger partial charge on any atom is 0.326 e. The van der Waals surface area contributed by atoms with Crippen molar-refractivity contribution in [3.05, 3.63) is 12.7 Å². The number of thioether (sulfide) groups is 1. The number of nitrogens with zero attached hydrogens (tertiary/aromatic N) is 1. The first kappa shape index (κ1) is 17.8. The molecule has 1 aliphatic carbocycles. The van der Waals surface area contributed by atoms with Crippen LogP contribution >= 0.6 is 11.8 Å². The van der Waals surface area contributed by atoms with Gasteiger partial charge in [-0.05, 0) is 25.7 Å². The Bertz CT molecular complexity index is 477. The topological polar surface area (TPSA) is 86.7 Å². The summed E-state index contributed by atoms with van der Waals surface area (Å²) in [6.07, 6.45) is 6.37. The first-order valence-corrected chi connectivity index (χ1v) is 9.22. The third kappa shape index (κ3) is 4.50. The highest BCUT2D eigenvalue weighted by atomic mass is 32.2. The number of nitrogens with one attached hydrogen (secondary N) is 1. The molecule has 2 N–H and O–H groups in total. The Morgan fingerprint density at radius 2 is 2.04 bits per heavy atom. The number of hydrogen-bond donors (Lipinski definition) is 2. The number of allylic oxidation sites excluding steroid dienone is 1. The Morgan fingerprint density at radius 1 is 1.35 bits per heavy atom. The zero-order valence-electron chi connectivity index (χ0n) is 13.2. The SMILES string of the molecule is C=CCCC(NC(=O)C1CSCN1C(=O)C1CCCC1)C(=O)O. The molecule has 1 heterocycles. The molecule has 2 aliphatic rings. The molecule has 1 saturated carbocycles. The van der Waals surface area contributed by atoms with E-state index in [0.717, 1.165) is 25.7 Å². The van der Waals surface area contributed by atoms with Gasteiger partial charge in [-0.2, -0.15) is 0 Å². The number of carboxylic acids is 1. The second kappa shape index (κ2) is 8.38. The fourth-order valence-corrected chi connectivity index (χ4v) is 4.26. The average molecular weight is 340 g/mol. The van der Waals surface area contributed by atoms with Gasteiger partial charge in [-0.25, -0.2) is 4.79 Å². The van der Waals surface area contributed by atoms with E-state index in [2.05, 4.69) is 11.9 Å². The van der Waals surface area contributed by atoms with Gasteiger partial charge in [0.15, 0.2) is 0 Å². The van der Waals surface area contributed by atoms with Crippen LogP contribution in [0, 0.1) is 5.92 Å². The second-order valence-electron chi connectivity index (χ2n) is 6.07. The lowest BCUT2D eigenvalue weighted by Gasteiger charge is -2.27. The quantitative estimate of drug-likeness (QED) is 0.688. The van der Waals surface area contributed by atoms with Crippen LogP contribution in [0.25, 0.3) is 0 Å². The maximum atomic E-state index is 12.6. The highest BCUT2D eigenvalue weighted by Crippen LogP contribution is 2.30. The molecule has 0 radical (unpaired) electrons. The summed E-state index contributed by atoms with van der Waals surface area (Å²) in [5.74, 6) is -0.307. The summed E-state index contributed by atoms with van der Waals surface area (Å²) in [7, 11) is 0. The predicted octanol–water partition coefficient (Wildman–Crippen LogP) is 1.61. The third-order valence-corrected chi connectivity index (χ3v) is 5.46. The Balaban J connectivity index is 1.97. The molecule has 2 unspecified atom stereocenters. The van der Waals surface area contributed by atoms with Crippen molar-refractivity contribution in [2.75, 3.05) is 11.6 Å². The third-order valence-electron chi connectivity index (χ3n) is 4.45. The molecule has 2 fully saturated rings. The van der Waals surface area contributed by atoms with Crippen LogP contribution in [0.3, 0.4) is 0 Å². The molecule has 7 heteroatoms. The lowest BCUT2D eigenvalue weighted by molar-refractivity contribution is -0.144. The minimum atomic E-state index is -1.06. The minimum absolute atomic E-state index is 0.0278. The largest absolute Gasteiger partial charge is 0.480 e. The zero-order chi connectivity index (χ0) is 16.8. The van der Waals surface area contributed by atoms with E-state index in [4.69, 9.17) is 0 Å². The molecule has 0 aromatic rings. The smallest absolute Gasteiger partial charge is 0.326 e. The molecular weight excluding hydrogens is 316 g/mol. The first-order chi connectivity index (χ1) is 11.0. The van der Waals surface area contributed by atoms with Crippen LogP contribution in [-0.4, -0.2) is 51.5 Å². The highest BCUT2D eigenvalue weighted by molar-refractivity contribution is 7.99. The molecule has 23 heavy (non-hydrogen) atoms. The van der Waals surface area contributed by atoms with Crippen LogP contribution in [0.1, 0.15) is 38.5 Å². The molecule has 2 amide bonds. The van der Waals surface area contributed by atoms with Gasteiger partial charge in [0.1, 0.15) is 12.1 Å². The van der Waals surface area contributed by atoms with Crippen LogP contribution in [0.15, 0.2) is 12.7 Å². The molecule has 1 saturated heterocycles. The Labute approximate surface area is 140 Å². The van der Waals surface area contributed by atoms with Crippen LogP contribution < -0.4 is 5.32 Å². The number of carbonyl (C=O) groups is 3. The molecule has 0 spiro atoms. The summed E-state index contributed by atoms with van der Waals surface area (Å²) in [4.78, 5) is 37.9. The van der Waals surface area contributed by atoms with Gasteiger partial charge >= 0.3 is 5.97 Å². The van der Waals surface area contributed by atoms with E-state index in [9.17, 15) is 19.5 Å². The molecule has 0 aromatic heterocycles. The summed E-state index contributed by atoms with van der Waals surface area (Å²) in [5.41, 5.74) is 0. The average Bonchev–Trinajstić information content (AvgIpc) is 3.21. The first-order valence-electron chi connectivity index (χ1n) is 8.07. The van der Waals surface area contributed by atoms with E-state index >= 15 is 0 Å². The van der Waals surface area contributed by atoms with Crippen molar-refractivity contribution in [1.29, 1.82) is 0 Å². The number of hydrogen-bond acceptors (Lipinski definition) is 4. The van der Waals surface area contributed by atoms with E-state index in [1.807, 2.05) is 0 Å². The number of amides is 2. The van der Waals surface area contributed by atoms with Crippen molar-refractivity contribution in [2.24, 2.45) is 5.92 Å². The van der Waals surface area contributed by atoms with Crippen molar-refractivity contribution in [2.45, 2.75) is 50.6 Å². The Morgan fingerprint density at radius 3 is 2.65 bits per heavy atom. The van der Waals surface area contributed by atoms with Crippen molar-refractivity contribution < 1.29 is 19.5 Å². The minimum Gasteiger partial charge on any atom is -0.480 e. The van der Waals surface area contributed by atoms with E-state index in [-0.39, 0.29) is 17.7 Å². The normalized spacial score (nSPS) is 22.8. The highest BCUT2D eigenvalue weighted by Gasteiger charge is 2.39. The number of rotatable bonds is 7. The van der Waals surface area contributed by atoms with Gasteiger partial charge in [0, 0.05) is 11.7 Å². The van der Waals surface area contributed by atoms with Gasteiger partial charge in [-0.1, -0.05) is 18.9 Å². The number of aliphatic carboxylic acids is 1. The summed E-state index contributed by atoms with van der Waals surface area (Å²) in [6.45, 7) is 3.57. The van der Waals surface area contributed by atoms with Gasteiger partial charge in [-0.15, -0.1) is 18.3 Å². The summed E-state index contributed by atoms with van der Waals surface area (Å²) < 4.78 is 0. The fourth-order valence-electron chi connectivity index (χ4n) is 3.09. The van der Waals surface area contributed by atoms with E-state index in [0.29, 0.717) is 24.5 Å². The predicted molar refractivity (Wildman–Crippen MR) is 88.9 cm³/mol. The molecule has 1 aliphatic heterocycles. The van der Waals surface area contributed by atoms with Crippen molar-refractivity contribution in [3.63, 3.8) is 0 Å². The van der Waals surface area contributed by atoms with Crippen LogP contribution in [0.2, 0.25) is 0 Å². The van der Waals surface area contributed by atoms with E-state index in [1.54, 1.807) is 11.0 Å². The summed E-state index contributed by atoms with van der Waals surface area (Å²) in [5, 5.41) is 11.8. The number of carboxylic acid groups (broad SMARTS) is 1. The zero-order valence-corrected chi connectivity index (χ0v) is 14.0. The van der Waals surface area contributed by atoms with Gasteiger partial charge in [0.05, 0.1) is 5.88 Å².